The zero-order valence-corrected chi connectivity index (χ0v) is 26.2. The minimum atomic E-state index is -0.284. The molecule has 2 aliphatic heterocycles. The van der Waals surface area contributed by atoms with Crippen molar-refractivity contribution in [2.24, 2.45) is 0 Å². The van der Waals surface area contributed by atoms with Crippen molar-refractivity contribution in [3.8, 4) is 5.69 Å². The van der Waals surface area contributed by atoms with E-state index >= 15 is 0 Å². The van der Waals surface area contributed by atoms with Crippen LogP contribution in [0.1, 0.15) is 76.2 Å². The molecule has 1 saturated heterocycles. The number of aryl methyl sites for hydroxylation is 1. The minimum Gasteiger partial charge on any atom is -0.357 e. The van der Waals surface area contributed by atoms with Gasteiger partial charge in [0.05, 0.1) is 35.2 Å². The first-order valence-corrected chi connectivity index (χ1v) is 16.2. The maximum absolute atomic E-state index is 13.5. The molecule has 2 fully saturated rings. The molecule has 4 aliphatic rings. The van der Waals surface area contributed by atoms with Gasteiger partial charge in [0.15, 0.2) is 0 Å². The summed E-state index contributed by atoms with van der Waals surface area (Å²) in [5.41, 5.74) is 6.91. The molecular weight excluding hydrogens is 594 g/mol. The molecule has 2 aliphatic carbocycles. The first-order valence-electron chi connectivity index (χ1n) is 14.9. The summed E-state index contributed by atoms with van der Waals surface area (Å²) in [6.07, 6.45) is 8.52. The molecule has 0 radical (unpaired) electrons. The number of rotatable bonds is 6. The van der Waals surface area contributed by atoms with Crippen molar-refractivity contribution in [1.29, 1.82) is 0 Å². The average molecular weight is 626 g/mol. The van der Waals surface area contributed by atoms with Crippen LogP contribution in [-0.2, 0) is 46.5 Å². The van der Waals surface area contributed by atoms with Crippen molar-refractivity contribution in [3.63, 3.8) is 0 Å². The van der Waals surface area contributed by atoms with Crippen molar-refractivity contribution in [3.05, 3.63) is 124 Å². The van der Waals surface area contributed by atoms with Gasteiger partial charge in [0, 0.05) is 34.4 Å². The van der Waals surface area contributed by atoms with E-state index in [2.05, 4.69) is 39.6 Å². The smallest absolute Gasteiger partial charge is 0.261 e. The Labute approximate surface area is 266 Å². The third-order valence-electron chi connectivity index (χ3n) is 9.21. The second-order valence-corrected chi connectivity index (χ2v) is 11.2. The second-order valence-electron chi connectivity index (χ2n) is 11.2. The Morgan fingerprint density at radius 2 is 1.55 bits per heavy atom. The number of hydrogen-bond acceptors (Lipinski definition) is 6. The zero-order valence-electron chi connectivity index (χ0n) is 24.6. The van der Waals surface area contributed by atoms with Gasteiger partial charge < -0.3 is 4.74 Å². The number of hydrogen-bond donors (Lipinski definition) is 0. The normalized spacial score (nSPS) is 22.0. The topological polar surface area (TPSA) is 67.7 Å². The lowest BCUT2D eigenvalue weighted by Crippen LogP contribution is -2.30. The lowest BCUT2D eigenvalue weighted by Gasteiger charge is -2.20. The number of benzene rings is 3. The number of carbonyl (C=O) groups excluding carboxylic acids is 2. The zero-order chi connectivity index (χ0) is 31.1. The highest BCUT2D eigenvalue weighted by Crippen LogP contribution is 2.67. The maximum Gasteiger partial charge on any atom is 0.261 e. The molecule has 9 heteroatoms. The molecule has 0 N–H and O–H groups in total. The number of epoxide rings is 1. The van der Waals surface area contributed by atoms with Gasteiger partial charge in [-0.1, -0.05) is 50.2 Å². The van der Waals surface area contributed by atoms with Crippen LogP contribution in [0.2, 0.25) is 0 Å². The molecule has 1 unspecified atom stereocenters. The van der Waals surface area contributed by atoms with E-state index in [0.29, 0.717) is 11.1 Å². The molecule has 1 saturated carbocycles. The predicted octanol–water partition coefficient (Wildman–Crippen LogP) is 6.70. The van der Waals surface area contributed by atoms with E-state index < -0.39 is 0 Å². The lowest BCUT2D eigenvalue weighted by molar-refractivity contribution is 0.0642. The SMILES string of the molecule is CC.O=C1c2ccccc2C(=O)N1Cc1ccccc1CC[C@]12CCC3=Cc4c(cnn4-c4ccc(F)cc4)CC31O2.S=S. The van der Waals surface area contributed by atoms with Crippen LogP contribution in [0.4, 0.5) is 4.39 Å². The summed E-state index contributed by atoms with van der Waals surface area (Å²) >= 11 is 7.33. The maximum atomic E-state index is 13.5. The quantitative estimate of drug-likeness (QED) is 0.176. The lowest BCUT2D eigenvalue weighted by atomic mass is 9.80. The Kier molecular flexibility index (Phi) is 8.13. The summed E-state index contributed by atoms with van der Waals surface area (Å²) < 4.78 is 22.0. The van der Waals surface area contributed by atoms with Crippen molar-refractivity contribution in [2.45, 2.75) is 63.7 Å². The molecule has 3 aromatic carbocycles. The van der Waals surface area contributed by atoms with Crippen LogP contribution < -0.4 is 0 Å². The van der Waals surface area contributed by atoms with Crippen LogP contribution in [0, 0.1) is 5.82 Å². The monoisotopic (exact) mass is 625 g/mol. The van der Waals surface area contributed by atoms with Crippen LogP contribution in [0.15, 0.2) is 84.6 Å². The molecule has 224 valence electrons. The Balaban J connectivity index is 0.000000826. The molecule has 2 atom stereocenters. The van der Waals surface area contributed by atoms with Gasteiger partial charge in [-0.25, -0.2) is 9.07 Å². The highest BCUT2D eigenvalue weighted by atomic mass is 32.8. The van der Waals surface area contributed by atoms with Crippen LogP contribution >= 0.6 is 0 Å². The van der Waals surface area contributed by atoms with Gasteiger partial charge in [-0.05, 0) is 84.9 Å². The number of aromatic nitrogens is 2. The van der Waals surface area contributed by atoms with Crippen LogP contribution in [0.3, 0.4) is 0 Å². The molecule has 0 bridgehead atoms. The summed E-state index contributed by atoms with van der Waals surface area (Å²) in [6, 6.07) is 21.5. The van der Waals surface area contributed by atoms with E-state index in [-0.39, 0.29) is 35.4 Å². The summed E-state index contributed by atoms with van der Waals surface area (Å²) in [5, 5.41) is 4.61. The van der Waals surface area contributed by atoms with Crippen molar-refractivity contribution in [2.75, 3.05) is 0 Å². The number of halogens is 1. The van der Waals surface area contributed by atoms with Gasteiger partial charge in [-0.15, -0.1) is 0 Å². The van der Waals surface area contributed by atoms with Gasteiger partial charge in [0.1, 0.15) is 17.0 Å². The number of fused-ring (bicyclic) bond motifs is 2. The summed E-state index contributed by atoms with van der Waals surface area (Å²) in [7, 11) is 0. The largest absolute Gasteiger partial charge is 0.357 e. The molecule has 1 spiro atoms. The van der Waals surface area contributed by atoms with Crippen molar-refractivity contribution in [1.82, 2.24) is 14.7 Å². The molecule has 3 heterocycles. The van der Waals surface area contributed by atoms with Gasteiger partial charge in [0.25, 0.3) is 11.8 Å². The number of ether oxygens (including phenoxy) is 1. The predicted molar refractivity (Wildman–Crippen MR) is 172 cm³/mol. The summed E-state index contributed by atoms with van der Waals surface area (Å²) in [6.45, 7) is 4.26. The minimum absolute atomic E-state index is 0.211. The van der Waals surface area contributed by atoms with Gasteiger partial charge in [-0.2, -0.15) is 5.10 Å². The van der Waals surface area contributed by atoms with Crippen molar-refractivity contribution < 1.29 is 18.7 Å². The first-order chi connectivity index (χ1) is 21.5. The summed E-state index contributed by atoms with van der Waals surface area (Å²) in [4.78, 5) is 27.3. The third kappa shape index (κ3) is 4.74. The molecule has 44 heavy (non-hydrogen) atoms. The molecular formula is C35H32FN3O3S2. The molecule has 2 amide bonds. The Morgan fingerprint density at radius 3 is 2.23 bits per heavy atom. The Bertz CT molecular complexity index is 1750. The molecule has 6 nitrogen and oxygen atoms in total. The number of amides is 2. The van der Waals surface area contributed by atoms with Gasteiger partial charge in [-0.3, -0.25) is 14.5 Å². The molecule has 1 aromatic heterocycles. The number of carbonyl (C=O) groups is 2. The van der Waals surface area contributed by atoms with Gasteiger partial charge in [0.2, 0.25) is 0 Å². The number of nitrogens with zero attached hydrogens (tertiary/aromatic N) is 3. The highest BCUT2D eigenvalue weighted by Gasteiger charge is 2.74. The second kappa shape index (κ2) is 11.9. The van der Waals surface area contributed by atoms with Crippen LogP contribution in [0.25, 0.3) is 11.8 Å². The molecule has 8 rings (SSSR count). The van der Waals surface area contributed by atoms with Crippen LogP contribution in [0.5, 0.6) is 0 Å². The van der Waals surface area contributed by atoms with E-state index in [1.165, 1.54) is 22.6 Å². The standard InChI is InChI=1S/C33H26FN3O3.C2H6.S2/c34-25-9-11-26(12-10-25)37-29-17-24-14-16-32(33(24,40-32)18-23(29)19-35-37)15-13-21-5-1-2-6-22(21)20-36-30(38)27-7-3-4-8-28(27)31(36)39;2*1-2/h1-12,17,19H,13-16,18,20H2;1-2H3;/t32-,33?;;/m0../s1. The van der Waals surface area contributed by atoms with E-state index in [9.17, 15) is 14.0 Å². The summed E-state index contributed by atoms with van der Waals surface area (Å²) in [5.74, 6) is -0.731. The van der Waals surface area contributed by atoms with E-state index in [1.807, 2.05) is 42.9 Å². The first kappa shape index (κ1) is 30.1. The van der Waals surface area contributed by atoms with E-state index in [4.69, 9.17) is 4.74 Å². The van der Waals surface area contributed by atoms with Gasteiger partial charge >= 0.3 is 0 Å². The Hall–Kier alpha value is -3.92. The fourth-order valence-corrected chi connectivity index (χ4v) is 7.08. The third-order valence-corrected chi connectivity index (χ3v) is 9.21. The van der Waals surface area contributed by atoms with Crippen molar-refractivity contribution >= 4 is 40.3 Å². The fourth-order valence-electron chi connectivity index (χ4n) is 7.08. The van der Waals surface area contributed by atoms with E-state index in [0.717, 1.165) is 60.2 Å². The Morgan fingerprint density at radius 1 is 0.909 bits per heavy atom. The average Bonchev–Trinajstić information content (AvgIpc) is 3.26. The number of imide groups is 1. The fraction of sp³-hybridized carbons (Fsp3) is 0.286. The van der Waals surface area contributed by atoms with E-state index in [1.54, 1.807) is 36.4 Å². The highest BCUT2D eigenvalue weighted by molar-refractivity contribution is 8.07. The molecule has 4 aromatic rings. The van der Waals surface area contributed by atoms with Crippen LogP contribution in [-0.4, -0.2) is 37.7 Å².